The Morgan fingerprint density at radius 2 is 1.48 bits per heavy atom. The fraction of sp³-hybridized carbons (Fsp3) is 0.303. The van der Waals surface area contributed by atoms with Crippen molar-refractivity contribution in [3.05, 3.63) is 108 Å². The number of ether oxygens (including phenoxy) is 2. The summed E-state index contributed by atoms with van der Waals surface area (Å²) in [6, 6.07) is 23.8. The van der Waals surface area contributed by atoms with Crippen LogP contribution in [0.15, 0.2) is 91.5 Å². The molecule has 0 bridgehead atoms. The largest absolute Gasteiger partial charge is 0.460 e. The lowest BCUT2D eigenvalue weighted by Gasteiger charge is -2.31. The van der Waals surface area contributed by atoms with Crippen molar-refractivity contribution < 1.29 is 23.9 Å². The van der Waals surface area contributed by atoms with E-state index < -0.39 is 30.1 Å². The van der Waals surface area contributed by atoms with Crippen molar-refractivity contribution in [3.8, 4) is 11.1 Å². The van der Waals surface area contributed by atoms with Crippen LogP contribution in [-0.2, 0) is 25.5 Å². The molecule has 3 aromatic carbocycles. The average molecular weight is 541 g/mol. The van der Waals surface area contributed by atoms with Crippen molar-refractivity contribution in [2.24, 2.45) is 5.92 Å². The number of hydrogen-bond acceptors (Lipinski definition) is 5. The minimum atomic E-state index is -0.897. The molecule has 0 unspecified atom stereocenters. The molecule has 208 valence electrons. The first kappa shape index (κ1) is 28.6. The van der Waals surface area contributed by atoms with Gasteiger partial charge >= 0.3 is 12.1 Å². The first-order chi connectivity index (χ1) is 19.3. The maximum atomic E-state index is 13.6. The van der Waals surface area contributed by atoms with E-state index in [0.717, 1.165) is 27.8 Å². The number of hydrogen-bond donors (Lipinski definition) is 1. The molecular formula is C33H36N2O5. The monoisotopic (exact) mass is 540 g/mol. The van der Waals surface area contributed by atoms with Crippen LogP contribution in [0.5, 0.6) is 0 Å². The van der Waals surface area contributed by atoms with E-state index in [1.165, 1.54) is 11.0 Å². The topological polar surface area (TPSA) is 84.9 Å². The summed E-state index contributed by atoms with van der Waals surface area (Å²) in [6.45, 7) is 7.44. The van der Waals surface area contributed by atoms with Gasteiger partial charge in [-0.1, -0.05) is 105 Å². The van der Waals surface area contributed by atoms with Gasteiger partial charge in [0.05, 0.1) is 0 Å². The first-order valence-electron chi connectivity index (χ1n) is 13.5. The third-order valence-corrected chi connectivity index (χ3v) is 7.25. The van der Waals surface area contributed by atoms with E-state index in [2.05, 4.69) is 36.2 Å². The summed E-state index contributed by atoms with van der Waals surface area (Å²) in [5.74, 6) is -1.29. The van der Waals surface area contributed by atoms with Crippen LogP contribution in [0.1, 0.15) is 36.5 Å². The molecular weight excluding hydrogens is 504 g/mol. The Labute approximate surface area is 235 Å². The highest BCUT2D eigenvalue weighted by atomic mass is 16.5. The molecule has 3 aromatic rings. The van der Waals surface area contributed by atoms with E-state index in [1.807, 2.05) is 68.4 Å². The normalized spacial score (nSPS) is 13.5. The van der Waals surface area contributed by atoms with E-state index >= 15 is 0 Å². The highest BCUT2D eigenvalue weighted by Gasteiger charge is 2.35. The van der Waals surface area contributed by atoms with Crippen molar-refractivity contribution >= 4 is 18.0 Å². The lowest BCUT2D eigenvalue weighted by atomic mass is 9.98. The van der Waals surface area contributed by atoms with Gasteiger partial charge in [-0.15, -0.1) is 0 Å². The van der Waals surface area contributed by atoms with Crippen molar-refractivity contribution in [1.82, 2.24) is 10.2 Å². The van der Waals surface area contributed by atoms with Gasteiger partial charge in [0.1, 0.15) is 25.3 Å². The van der Waals surface area contributed by atoms with E-state index in [0.29, 0.717) is 0 Å². The van der Waals surface area contributed by atoms with Crippen molar-refractivity contribution in [3.63, 3.8) is 0 Å². The van der Waals surface area contributed by atoms with Crippen molar-refractivity contribution in [2.45, 2.75) is 38.3 Å². The zero-order valence-electron chi connectivity index (χ0n) is 23.2. The van der Waals surface area contributed by atoms with Crippen LogP contribution in [0, 0.1) is 5.92 Å². The summed E-state index contributed by atoms with van der Waals surface area (Å²) in [4.78, 5) is 40.9. The molecule has 4 rings (SSSR count). The minimum absolute atomic E-state index is 0.0394. The Balaban J connectivity index is 1.45. The van der Waals surface area contributed by atoms with Gasteiger partial charge in [0.25, 0.3) is 0 Å². The molecule has 0 radical (unpaired) electrons. The lowest BCUT2D eigenvalue weighted by molar-refractivity contribution is -0.154. The number of likely N-dealkylation sites (N-methyl/N-ethyl adjacent to an activating group) is 1. The molecule has 0 spiro atoms. The molecule has 2 atom stereocenters. The zero-order chi connectivity index (χ0) is 28.6. The molecule has 0 aliphatic heterocycles. The van der Waals surface area contributed by atoms with E-state index in [9.17, 15) is 14.4 Å². The highest BCUT2D eigenvalue weighted by molar-refractivity contribution is 5.90. The number of alkyl carbamates (subject to hydrolysis) is 1. The third kappa shape index (κ3) is 6.42. The predicted octanol–water partition coefficient (Wildman–Crippen LogP) is 5.35. The second-order valence-electron chi connectivity index (χ2n) is 10.3. The Bertz CT molecular complexity index is 1310. The number of nitrogens with zero attached hydrogens (tertiary/aromatic N) is 1. The Morgan fingerprint density at radius 3 is 2.05 bits per heavy atom. The molecule has 40 heavy (non-hydrogen) atoms. The quantitative estimate of drug-likeness (QED) is 0.262. The third-order valence-electron chi connectivity index (χ3n) is 7.25. The molecule has 1 aliphatic carbocycles. The lowest BCUT2D eigenvalue weighted by Crippen LogP contribution is -2.55. The number of amides is 2. The number of esters is 1. The van der Waals surface area contributed by atoms with Gasteiger partial charge in [0.2, 0.25) is 5.91 Å². The van der Waals surface area contributed by atoms with E-state index in [-0.39, 0.29) is 31.5 Å². The van der Waals surface area contributed by atoms with Crippen LogP contribution in [0.4, 0.5) is 4.79 Å². The Kier molecular flexibility index (Phi) is 9.38. The maximum absolute atomic E-state index is 13.6. The maximum Gasteiger partial charge on any atom is 0.407 e. The molecule has 1 aliphatic rings. The molecule has 7 heteroatoms. The van der Waals surface area contributed by atoms with Crippen LogP contribution in [0.2, 0.25) is 0 Å². The van der Waals surface area contributed by atoms with Crippen LogP contribution in [0.25, 0.3) is 11.1 Å². The first-order valence-corrected chi connectivity index (χ1v) is 13.5. The summed E-state index contributed by atoms with van der Waals surface area (Å²) in [6.07, 6.45) is 1.07. The fourth-order valence-electron chi connectivity index (χ4n) is 5.11. The Morgan fingerprint density at radius 1 is 0.900 bits per heavy atom. The van der Waals surface area contributed by atoms with Gasteiger partial charge in [0, 0.05) is 19.4 Å². The van der Waals surface area contributed by atoms with Gasteiger partial charge in [-0.05, 0) is 33.7 Å². The molecule has 0 aromatic heterocycles. The summed E-state index contributed by atoms with van der Waals surface area (Å²) >= 11 is 0. The number of nitrogens with one attached hydrogen (secondary N) is 1. The van der Waals surface area contributed by atoms with Crippen LogP contribution in [0.3, 0.4) is 0 Å². The predicted molar refractivity (Wildman–Crippen MR) is 155 cm³/mol. The SMILES string of the molecule is C=CCOC(=O)[C@H](Cc1ccccc1)N(C)C(=O)[C@@H](NC(=O)OCC1c2ccccc2-c2ccccc21)C(C)C. The zero-order valence-corrected chi connectivity index (χ0v) is 23.2. The van der Waals surface area contributed by atoms with Gasteiger partial charge < -0.3 is 19.7 Å². The smallest absolute Gasteiger partial charge is 0.407 e. The van der Waals surface area contributed by atoms with E-state index in [4.69, 9.17) is 9.47 Å². The van der Waals surface area contributed by atoms with E-state index in [1.54, 1.807) is 7.05 Å². The number of fused-ring (bicyclic) bond motifs is 3. The second kappa shape index (κ2) is 13.1. The summed E-state index contributed by atoms with van der Waals surface area (Å²) in [5.41, 5.74) is 5.37. The molecule has 0 fully saturated rings. The van der Waals surface area contributed by atoms with Gasteiger partial charge in [-0.25, -0.2) is 9.59 Å². The number of carbonyl (C=O) groups excluding carboxylic acids is 3. The van der Waals surface area contributed by atoms with Crippen LogP contribution in [-0.4, -0.2) is 55.2 Å². The van der Waals surface area contributed by atoms with Crippen LogP contribution >= 0.6 is 0 Å². The Hall–Kier alpha value is -4.39. The second-order valence-corrected chi connectivity index (χ2v) is 10.3. The molecule has 7 nitrogen and oxygen atoms in total. The van der Waals surface area contributed by atoms with Crippen molar-refractivity contribution in [2.75, 3.05) is 20.3 Å². The molecule has 0 saturated carbocycles. The summed E-state index contributed by atoms with van der Waals surface area (Å²) in [5, 5.41) is 2.75. The summed E-state index contributed by atoms with van der Waals surface area (Å²) < 4.78 is 11.0. The van der Waals surface area contributed by atoms with Gasteiger partial charge in [-0.3, -0.25) is 4.79 Å². The molecule has 0 heterocycles. The molecule has 1 N–H and O–H groups in total. The number of rotatable bonds is 11. The highest BCUT2D eigenvalue weighted by Crippen LogP contribution is 2.44. The van der Waals surface area contributed by atoms with Crippen molar-refractivity contribution in [1.29, 1.82) is 0 Å². The molecule has 0 saturated heterocycles. The standard InChI is InChI=1S/C33H36N2O5/c1-5-19-39-32(37)29(20-23-13-7-6-8-14-23)35(4)31(36)30(22(2)3)34-33(38)40-21-28-26-17-11-9-15-24(26)25-16-10-12-18-27(25)28/h5-18,22,28-30H,1,19-21H2,2-4H3,(H,34,38)/t29-,30-/m0/s1. The fourth-order valence-corrected chi connectivity index (χ4v) is 5.11. The number of benzene rings is 3. The van der Waals surface area contributed by atoms with Gasteiger partial charge in [0.15, 0.2) is 0 Å². The minimum Gasteiger partial charge on any atom is -0.460 e. The average Bonchev–Trinajstić information content (AvgIpc) is 3.29. The summed E-state index contributed by atoms with van der Waals surface area (Å²) in [7, 11) is 1.56. The molecule has 2 amide bonds. The number of carbonyl (C=O) groups is 3. The van der Waals surface area contributed by atoms with Crippen LogP contribution < -0.4 is 5.32 Å². The van der Waals surface area contributed by atoms with Gasteiger partial charge in [-0.2, -0.15) is 0 Å².